The number of carbonyl (C=O) groups is 1. The van der Waals surface area contributed by atoms with Crippen molar-refractivity contribution in [2.24, 2.45) is 4.99 Å². The van der Waals surface area contributed by atoms with Crippen molar-refractivity contribution in [1.29, 1.82) is 0 Å². The average molecular weight is 392 g/mol. The highest BCUT2D eigenvalue weighted by atomic mass is 16.2. The van der Waals surface area contributed by atoms with Gasteiger partial charge in [-0.3, -0.25) is 14.7 Å². The molecule has 154 valence electrons. The molecule has 0 N–H and O–H groups in total. The van der Waals surface area contributed by atoms with E-state index in [4.69, 9.17) is 4.99 Å². The highest BCUT2D eigenvalue weighted by Gasteiger charge is 2.29. The Hall–Kier alpha value is -2.10. The van der Waals surface area contributed by atoms with E-state index in [0.29, 0.717) is 12.6 Å². The van der Waals surface area contributed by atoms with E-state index in [9.17, 15) is 4.79 Å². The second kappa shape index (κ2) is 7.97. The van der Waals surface area contributed by atoms with Crippen molar-refractivity contribution in [1.82, 2.24) is 4.90 Å². The average Bonchev–Trinajstić information content (AvgIpc) is 3.24. The minimum absolute atomic E-state index is 0.170. The molecule has 4 aliphatic rings. The largest absolute Gasteiger partial charge is 0.371 e. The van der Waals surface area contributed by atoms with Gasteiger partial charge in [0.1, 0.15) is 5.84 Å². The summed E-state index contributed by atoms with van der Waals surface area (Å²) in [6.07, 6.45) is 13.7. The van der Waals surface area contributed by atoms with Crippen LogP contribution in [0.2, 0.25) is 0 Å². The first kappa shape index (κ1) is 18.9. The number of benzene rings is 1. The maximum absolute atomic E-state index is 13.2. The number of aryl methyl sites for hydroxylation is 2. The van der Waals surface area contributed by atoms with Crippen LogP contribution in [-0.2, 0) is 17.6 Å². The van der Waals surface area contributed by atoms with E-state index in [0.717, 1.165) is 24.3 Å². The van der Waals surface area contributed by atoms with Crippen LogP contribution < -0.4 is 4.90 Å². The van der Waals surface area contributed by atoms with Crippen molar-refractivity contribution >= 4 is 23.5 Å². The Morgan fingerprint density at radius 1 is 1.00 bits per heavy atom. The molecule has 29 heavy (non-hydrogen) atoms. The monoisotopic (exact) mass is 391 g/mol. The van der Waals surface area contributed by atoms with Crippen molar-refractivity contribution in [3.8, 4) is 0 Å². The first-order valence-corrected chi connectivity index (χ1v) is 11.7. The van der Waals surface area contributed by atoms with Gasteiger partial charge in [-0.1, -0.05) is 12.8 Å². The molecular weight excluding hydrogens is 358 g/mol. The third-order valence-corrected chi connectivity index (χ3v) is 7.12. The molecule has 3 aliphatic heterocycles. The number of likely N-dealkylation sites (N-methyl/N-ethyl adjacent to an activating group) is 1. The van der Waals surface area contributed by atoms with Crippen LogP contribution in [0.15, 0.2) is 22.7 Å². The van der Waals surface area contributed by atoms with Gasteiger partial charge in [-0.25, -0.2) is 0 Å². The van der Waals surface area contributed by atoms with Gasteiger partial charge in [0.05, 0.1) is 6.04 Å². The number of likely N-dealkylation sites (tertiary alicyclic amines) is 1. The van der Waals surface area contributed by atoms with Crippen LogP contribution in [0.5, 0.6) is 0 Å². The fourth-order valence-corrected chi connectivity index (χ4v) is 5.73. The Morgan fingerprint density at radius 2 is 1.69 bits per heavy atom. The Bertz CT molecular complexity index is 832. The molecule has 1 saturated carbocycles. The molecule has 0 radical (unpaired) electrons. The van der Waals surface area contributed by atoms with Gasteiger partial charge in [0.25, 0.3) is 5.91 Å². The number of amides is 1. The number of amidine groups is 1. The van der Waals surface area contributed by atoms with Gasteiger partial charge in [-0.2, -0.15) is 0 Å². The number of anilines is 1. The van der Waals surface area contributed by atoms with Crippen molar-refractivity contribution in [3.63, 3.8) is 0 Å². The fraction of sp³-hybridized carbons (Fsp3) is 0.600. The summed E-state index contributed by atoms with van der Waals surface area (Å²) in [5.41, 5.74) is 6.64. The maximum atomic E-state index is 13.2. The summed E-state index contributed by atoms with van der Waals surface area (Å²) in [5, 5.41) is 0. The molecule has 2 fully saturated rings. The predicted molar refractivity (Wildman–Crippen MR) is 120 cm³/mol. The Labute approximate surface area is 174 Å². The minimum Gasteiger partial charge on any atom is -0.371 e. The number of rotatable bonds is 3. The van der Waals surface area contributed by atoms with E-state index in [1.807, 2.05) is 4.90 Å². The predicted octanol–water partition coefficient (Wildman–Crippen LogP) is 4.75. The first-order chi connectivity index (χ1) is 14.2. The quantitative estimate of drug-likeness (QED) is 0.697. The normalized spacial score (nSPS) is 25.2. The molecule has 0 unspecified atom stereocenters. The van der Waals surface area contributed by atoms with E-state index >= 15 is 0 Å². The van der Waals surface area contributed by atoms with E-state index < -0.39 is 0 Å². The molecule has 4 nitrogen and oxygen atoms in total. The van der Waals surface area contributed by atoms with E-state index in [2.05, 4.69) is 30.0 Å². The smallest absolute Gasteiger partial charge is 0.255 e. The number of nitrogens with zero attached hydrogens (tertiary/aromatic N) is 3. The molecule has 1 saturated heterocycles. The van der Waals surface area contributed by atoms with Crippen LogP contribution >= 0.6 is 0 Å². The summed E-state index contributed by atoms with van der Waals surface area (Å²) in [6.45, 7) is 5.19. The van der Waals surface area contributed by atoms with Crippen LogP contribution in [0.4, 0.5) is 5.69 Å². The number of piperidine rings is 1. The zero-order chi connectivity index (χ0) is 19.8. The van der Waals surface area contributed by atoms with Crippen LogP contribution in [0.25, 0.3) is 6.08 Å². The molecule has 0 spiro atoms. The first-order valence-electron chi connectivity index (χ1n) is 11.7. The molecule has 0 aromatic heterocycles. The van der Waals surface area contributed by atoms with Gasteiger partial charge in [-0.05, 0) is 86.8 Å². The lowest BCUT2D eigenvalue weighted by Gasteiger charge is -2.37. The molecule has 5 rings (SSSR count). The number of aliphatic imine (C=N–C) groups is 1. The van der Waals surface area contributed by atoms with E-state index in [-0.39, 0.29) is 5.91 Å². The molecule has 4 heteroatoms. The van der Waals surface area contributed by atoms with Crippen LogP contribution in [0.3, 0.4) is 0 Å². The van der Waals surface area contributed by atoms with Crippen LogP contribution in [0, 0.1) is 0 Å². The van der Waals surface area contributed by atoms with Crippen molar-refractivity contribution in [2.75, 3.05) is 24.5 Å². The molecule has 1 amide bonds. The molecule has 1 aliphatic carbocycles. The Morgan fingerprint density at radius 3 is 2.34 bits per heavy atom. The SMILES string of the molecule is CCN1C(=O)/C(=C\c2cc3c4c(c2)CCCN4CCC3)CCC1=NC1CCCC1. The lowest BCUT2D eigenvalue weighted by Crippen LogP contribution is -2.42. The van der Waals surface area contributed by atoms with Gasteiger partial charge in [-0.15, -0.1) is 0 Å². The highest BCUT2D eigenvalue weighted by molar-refractivity contribution is 6.11. The van der Waals surface area contributed by atoms with Gasteiger partial charge < -0.3 is 4.90 Å². The van der Waals surface area contributed by atoms with Gasteiger partial charge in [0, 0.05) is 37.3 Å². The molecular formula is C25H33N3O. The van der Waals surface area contributed by atoms with Gasteiger partial charge in [0.15, 0.2) is 0 Å². The highest BCUT2D eigenvalue weighted by Crippen LogP contribution is 2.37. The zero-order valence-electron chi connectivity index (χ0n) is 17.8. The molecule has 0 atom stereocenters. The number of hydrogen-bond acceptors (Lipinski definition) is 3. The summed E-state index contributed by atoms with van der Waals surface area (Å²) in [6, 6.07) is 5.12. The molecule has 3 heterocycles. The van der Waals surface area contributed by atoms with Gasteiger partial charge >= 0.3 is 0 Å². The lowest BCUT2D eigenvalue weighted by atomic mass is 9.89. The standard InChI is InChI=1S/C25H33N3O/c1-2-28-23(26-22-9-3-4-10-22)12-11-21(25(28)29)17-18-15-19-7-5-13-27-14-6-8-20(16-18)24(19)27/h15-17,22H,2-14H2,1H3/b21-17-,26-23?. The topological polar surface area (TPSA) is 35.9 Å². The molecule has 1 aromatic carbocycles. The third-order valence-electron chi connectivity index (χ3n) is 7.12. The van der Waals surface area contributed by atoms with Crippen molar-refractivity contribution < 1.29 is 4.79 Å². The van der Waals surface area contributed by atoms with Gasteiger partial charge in [0.2, 0.25) is 0 Å². The summed E-state index contributed by atoms with van der Waals surface area (Å²) < 4.78 is 0. The summed E-state index contributed by atoms with van der Waals surface area (Å²) in [7, 11) is 0. The summed E-state index contributed by atoms with van der Waals surface area (Å²) in [4.78, 5) is 22.7. The fourth-order valence-electron chi connectivity index (χ4n) is 5.73. The van der Waals surface area contributed by atoms with Crippen molar-refractivity contribution in [3.05, 3.63) is 34.4 Å². The second-order valence-corrected chi connectivity index (χ2v) is 9.08. The maximum Gasteiger partial charge on any atom is 0.255 e. The number of carbonyl (C=O) groups excluding carboxylic acids is 1. The minimum atomic E-state index is 0.170. The summed E-state index contributed by atoms with van der Waals surface area (Å²) in [5.74, 6) is 1.20. The number of hydrogen-bond donors (Lipinski definition) is 0. The molecule has 0 bridgehead atoms. The van der Waals surface area contributed by atoms with Crippen LogP contribution in [-0.4, -0.2) is 42.3 Å². The summed E-state index contributed by atoms with van der Waals surface area (Å²) >= 11 is 0. The Balaban J connectivity index is 1.42. The van der Waals surface area contributed by atoms with Crippen LogP contribution in [0.1, 0.15) is 75.0 Å². The Kier molecular flexibility index (Phi) is 5.19. The van der Waals surface area contributed by atoms with Crippen molar-refractivity contribution in [2.45, 2.75) is 77.2 Å². The van der Waals surface area contributed by atoms with E-state index in [1.54, 1.807) is 0 Å². The second-order valence-electron chi connectivity index (χ2n) is 9.08. The lowest BCUT2D eigenvalue weighted by molar-refractivity contribution is -0.124. The van der Waals surface area contributed by atoms with E-state index in [1.165, 1.54) is 86.8 Å². The molecule has 1 aromatic rings. The third kappa shape index (κ3) is 3.62. The zero-order valence-corrected chi connectivity index (χ0v) is 17.8.